The van der Waals surface area contributed by atoms with Crippen molar-refractivity contribution in [2.24, 2.45) is 7.05 Å². The predicted octanol–water partition coefficient (Wildman–Crippen LogP) is 3.31. The minimum Gasteiger partial charge on any atom is -0.372 e. The van der Waals surface area contributed by atoms with Crippen molar-refractivity contribution in [1.82, 2.24) is 29.5 Å². The Morgan fingerprint density at radius 3 is 2.73 bits per heavy atom. The lowest BCUT2D eigenvalue weighted by atomic mass is 10.2. The smallest absolute Gasteiger partial charge is 0.282 e. The normalized spacial score (nSPS) is 11.8. The Labute approximate surface area is 195 Å². The number of halogens is 2. The molecule has 33 heavy (non-hydrogen) atoms. The summed E-state index contributed by atoms with van der Waals surface area (Å²) in [6, 6.07) is 3.92. The quantitative estimate of drug-likeness (QED) is 0.203. The topological polar surface area (TPSA) is 122 Å². The van der Waals surface area contributed by atoms with Crippen molar-refractivity contribution in [1.29, 1.82) is 0 Å². The van der Waals surface area contributed by atoms with Gasteiger partial charge in [-0.05, 0) is 31.7 Å². The number of aliphatic hydroxyl groups is 1. The fourth-order valence-corrected chi connectivity index (χ4v) is 4.38. The highest BCUT2D eigenvalue weighted by molar-refractivity contribution is 7.99. The van der Waals surface area contributed by atoms with Gasteiger partial charge < -0.3 is 20.0 Å². The number of aromatic amines is 1. The Morgan fingerprint density at radius 2 is 2.03 bits per heavy atom. The summed E-state index contributed by atoms with van der Waals surface area (Å²) >= 11 is 2.12. The molecule has 4 rings (SSSR count). The van der Waals surface area contributed by atoms with Crippen LogP contribution in [0.2, 0.25) is 0 Å². The average Bonchev–Trinajstić information content (AvgIpc) is 3.13. The Balaban J connectivity index is 1.73. The summed E-state index contributed by atoms with van der Waals surface area (Å²) in [7, 11) is 1.79. The molecule has 3 N–H and O–H groups in total. The minimum absolute atomic E-state index is 0.0574. The summed E-state index contributed by atoms with van der Waals surface area (Å²) in [5, 5.41) is 14.0. The fraction of sp³-hybridized carbons (Fsp3) is 0.250. The first-order valence-electron chi connectivity index (χ1n) is 9.64. The first-order valence-corrected chi connectivity index (χ1v) is 11.4. The van der Waals surface area contributed by atoms with Crippen molar-refractivity contribution >= 4 is 40.5 Å². The van der Waals surface area contributed by atoms with Crippen molar-refractivity contribution in [2.75, 3.05) is 5.32 Å². The van der Waals surface area contributed by atoms with Crippen LogP contribution in [0.25, 0.3) is 11.2 Å². The van der Waals surface area contributed by atoms with Gasteiger partial charge in [-0.2, -0.15) is 0 Å². The predicted molar refractivity (Wildman–Crippen MR) is 121 cm³/mol. The van der Waals surface area contributed by atoms with Gasteiger partial charge in [-0.15, -0.1) is 0 Å². The van der Waals surface area contributed by atoms with Crippen LogP contribution >= 0.6 is 23.5 Å². The molecule has 0 aliphatic heterocycles. The van der Waals surface area contributed by atoms with Gasteiger partial charge in [-0.1, -0.05) is 23.9 Å². The third-order valence-corrected chi connectivity index (χ3v) is 6.22. The molecule has 9 nitrogen and oxygen atoms in total. The molecule has 0 amide bonds. The Morgan fingerprint density at radius 1 is 1.24 bits per heavy atom. The summed E-state index contributed by atoms with van der Waals surface area (Å²) in [6.07, 6.45) is 3.35. The van der Waals surface area contributed by atoms with Gasteiger partial charge in [0.25, 0.3) is 5.56 Å². The standard InChI is InChI=1S/C20H19F2N7O2S2/c1-20(2,31)28-15-13-14(25-16(30)17(24-13)33-19-23-7-8-29(19)3)26-18(27-15)32-9-10-5-4-6-11(21)12(10)22/h4-8,31H,9H2,1-3H3,(H2,25,26,27,28,30). The molecule has 0 bridgehead atoms. The number of thioether (sulfide) groups is 1. The van der Waals surface area contributed by atoms with Crippen LogP contribution in [-0.2, 0) is 12.8 Å². The zero-order valence-corrected chi connectivity index (χ0v) is 19.4. The van der Waals surface area contributed by atoms with Crippen LogP contribution in [0.4, 0.5) is 14.6 Å². The number of aryl methyl sites for hydroxylation is 1. The average molecular weight is 492 g/mol. The molecule has 0 spiro atoms. The van der Waals surface area contributed by atoms with Crippen LogP contribution in [0.1, 0.15) is 19.4 Å². The highest BCUT2D eigenvalue weighted by Crippen LogP contribution is 2.29. The number of rotatable bonds is 7. The SMILES string of the molecule is Cn1ccnc1Sc1nc2c(NC(C)(C)O)nc(SCc3cccc(F)c3F)nc2[nH]c1=O. The van der Waals surface area contributed by atoms with E-state index in [4.69, 9.17) is 0 Å². The number of imidazole rings is 1. The molecule has 13 heteroatoms. The maximum atomic E-state index is 14.0. The lowest BCUT2D eigenvalue weighted by Crippen LogP contribution is -2.31. The number of hydrogen-bond acceptors (Lipinski definition) is 9. The molecular formula is C20H19F2N7O2S2. The zero-order chi connectivity index (χ0) is 23.8. The Bertz CT molecular complexity index is 1390. The molecule has 0 saturated carbocycles. The number of benzene rings is 1. The third-order valence-electron chi connectivity index (χ3n) is 4.28. The molecule has 0 radical (unpaired) electrons. The van der Waals surface area contributed by atoms with Gasteiger partial charge in [0, 0.05) is 30.8 Å². The summed E-state index contributed by atoms with van der Waals surface area (Å²) in [6.45, 7) is 3.04. The summed E-state index contributed by atoms with van der Waals surface area (Å²) in [4.78, 5) is 32.6. The van der Waals surface area contributed by atoms with E-state index in [1.54, 1.807) is 24.0 Å². The maximum absolute atomic E-state index is 14.0. The number of hydrogen-bond donors (Lipinski definition) is 3. The number of aromatic nitrogens is 6. The number of H-pyrrole nitrogens is 1. The minimum atomic E-state index is -1.36. The van der Waals surface area contributed by atoms with Gasteiger partial charge in [0.2, 0.25) is 0 Å². The van der Waals surface area contributed by atoms with Gasteiger partial charge >= 0.3 is 0 Å². The monoisotopic (exact) mass is 491 g/mol. The molecule has 3 aromatic heterocycles. The van der Waals surface area contributed by atoms with E-state index in [0.717, 1.165) is 29.6 Å². The molecule has 0 fully saturated rings. The largest absolute Gasteiger partial charge is 0.372 e. The van der Waals surface area contributed by atoms with Gasteiger partial charge in [-0.25, -0.2) is 28.7 Å². The van der Waals surface area contributed by atoms with Crippen LogP contribution in [0, 0.1) is 11.6 Å². The molecular weight excluding hydrogens is 472 g/mol. The zero-order valence-electron chi connectivity index (χ0n) is 17.8. The Kier molecular flexibility index (Phi) is 6.36. The number of nitrogens with one attached hydrogen (secondary N) is 2. The van der Waals surface area contributed by atoms with Crippen LogP contribution in [0.5, 0.6) is 0 Å². The van der Waals surface area contributed by atoms with E-state index in [9.17, 15) is 18.7 Å². The van der Waals surface area contributed by atoms with Gasteiger partial charge in [-0.3, -0.25) is 4.79 Å². The Hall–Kier alpha value is -3.03. The van der Waals surface area contributed by atoms with Crippen molar-refractivity contribution in [3.8, 4) is 0 Å². The number of nitrogens with zero attached hydrogens (tertiary/aromatic N) is 5. The van der Waals surface area contributed by atoms with Crippen molar-refractivity contribution in [2.45, 2.75) is 40.7 Å². The highest BCUT2D eigenvalue weighted by Gasteiger charge is 2.20. The molecule has 0 unspecified atom stereocenters. The first kappa shape index (κ1) is 23.1. The fourth-order valence-electron chi connectivity index (χ4n) is 2.79. The lowest BCUT2D eigenvalue weighted by Gasteiger charge is -2.21. The van der Waals surface area contributed by atoms with E-state index in [1.165, 1.54) is 26.0 Å². The second-order valence-corrected chi connectivity index (χ2v) is 9.43. The molecule has 1 aromatic carbocycles. The maximum Gasteiger partial charge on any atom is 0.282 e. The van der Waals surface area contributed by atoms with Crippen molar-refractivity contribution in [3.05, 3.63) is 58.1 Å². The van der Waals surface area contributed by atoms with Crippen LogP contribution in [-0.4, -0.2) is 40.3 Å². The van der Waals surface area contributed by atoms with Crippen molar-refractivity contribution in [3.63, 3.8) is 0 Å². The van der Waals surface area contributed by atoms with Gasteiger partial charge in [0.15, 0.2) is 38.4 Å². The van der Waals surface area contributed by atoms with Crippen LogP contribution < -0.4 is 10.9 Å². The van der Waals surface area contributed by atoms with E-state index >= 15 is 0 Å². The van der Waals surface area contributed by atoms with E-state index in [0.29, 0.717) is 5.16 Å². The van der Waals surface area contributed by atoms with E-state index in [1.807, 2.05) is 0 Å². The van der Waals surface area contributed by atoms with Crippen molar-refractivity contribution < 1.29 is 13.9 Å². The van der Waals surface area contributed by atoms with Crippen LogP contribution in [0.3, 0.4) is 0 Å². The summed E-state index contributed by atoms with van der Waals surface area (Å²) in [5.74, 6) is -1.65. The molecule has 3 heterocycles. The first-order chi connectivity index (χ1) is 15.6. The molecule has 0 aliphatic carbocycles. The summed E-state index contributed by atoms with van der Waals surface area (Å²) < 4.78 is 29.2. The second-order valence-electron chi connectivity index (χ2n) is 7.53. The molecule has 0 atom stereocenters. The third kappa shape index (κ3) is 5.31. The lowest BCUT2D eigenvalue weighted by molar-refractivity contribution is 0.111. The molecule has 0 aliphatic rings. The number of anilines is 1. The number of fused-ring (bicyclic) bond motifs is 1. The van der Waals surface area contributed by atoms with E-state index < -0.39 is 22.9 Å². The summed E-state index contributed by atoms with van der Waals surface area (Å²) in [5.41, 5.74) is -1.32. The molecule has 0 saturated heterocycles. The highest BCUT2D eigenvalue weighted by atomic mass is 32.2. The second kappa shape index (κ2) is 9.08. The van der Waals surface area contributed by atoms with Gasteiger partial charge in [0.05, 0.1) is 0 Å². The van der Waals surface area contributed by atoms with Crippen LogP contribution in [0.15, 0.2) is 50.7 Å². The van der Waals surface area contributed by atoms with E-state index in [-0.39, 0.29) is 38.5 Å². The van der Waals surface area contributed by atoms with E-state index in [2.05, 4.69) is 30.2 Å². The molecule has 172 valence electrons. The van der Waals surface area contributed by atoms with Gasteiger partial charge in [0.1, 0.15) is 11.2 Å². The molecule has 4 aromatic rings.